The number of aryl methyl sites for hydroxylation is 1. The third kappa shape index (κ3) is 1.92. The van der Waals surface area contributed by atoms with Gasteiger partial charge in [-0.25, -0.2) is 0 Å². The van der Waals surface area contributed by atoms with Crippen LogP contribution in [0.5, 0.6) is 0 Å². The molecule has 0 saturated heterocycles. The molecule has 0 radical (unpaired) electrons. The fraction of sp³-hybridized carbons (Fsp3) is 0.647. The van der Waals surface area contributed by atoms with Crippen molar-refractivity contribution in [2.75, 3.05) is 0 Å². The number of nitrogens with zero attached hydrogens (tertiary/aromatic N) is 1. The minimum atomic E-state index is -0.524. The molecule has 5 rings (SSSR count). The number of nitro benzene ring substituents is 1. The van der Waals surface area contributed by atoms with Gasteiger partial charge in [-0.05, 0) is 68.3 Å². The van der Waals surface area contributed by atoms with E-state index < -0.39 is 5.60 Å². The Morgan fingerprint density at radius 1 is 1.24 bits per heavy atom. The molecule has 0 amide bonds. The van der Waals surface area contributed by atoms with E-state index in [2.05, 4.69) is 6.07 Å². The number of hydrogen-bond donors (Lipinski definition) is 1. The van der Waals surface area contributed by atoms with Crippen LogP contribution in [0.25, 0.3) is 0 Å². The fourth-order valence-corrected chi connectivity index (χ4v) is 5.69. The Morgan fingerprint density at radius 3 is 2.48 bits per heavy atom. The third-order valence-corrected chi connectivity index (χ3v) is 6.05. The van der Waals surface area contributed by atoms with Gasteiger partial charge in [0.15, 0.2) is 0 Å². The van der Waals surface area contributed by atoms with Crippen LogP contribution in [0, 0.1) is 28.9 Å². The first-order valence-electron chi connectivity index (χ1n) is 7.87. The second-order valence-corrected chi connectivity index (χ2v) is 7.72. The van der Waals surface area contributed by atoms with Gasteiger partial charge in [-0.3, -0.25) is 10.1 Å². The quantitative estimate of drug-likeness (QED) is 0.669. The molecule has 0 spiro atoms. The van der Waals surface area contributed by atoms with Crippen LogP contribution >= 0.6 is 0 Å². The zero-order chi connectivity index (χ0) is 14.8. The van der Waals surface area contributed by atoms with Gasteiger partial charge in [-0.2, -0.15) is 0 Å². The summed E-state index contributed by atoms with van der Waals surface area (Å²) in [7, 11) is 0. The standard InChI is InChI=1S/C17H21NO3/c1-11-2-3-14(5-15(11)18(20)21)16-6-12-4-13(7-16)9-17(19,8-12)10-16/h2-3,5,12-13,19H,4,6-10H2,1H3/t12-,13+,16?,17?. The topological polar surface area (TPSA) is 63.4 Å². The van der Waals surface area contributed by atoms with Gasteiger partial charge in [-0.15, -0.1) is 0 Å². The van der Waals surface area contributed by atoms with Crippen molar-refractivity contribution < 1.29 is 10.0 Å². The van der Waals surface area contributed by atoms with Crippen LogP contribution in [0.1, 0.15) is 49.7 Å². The summed E-state index contributed by atoms with van der Waals surface area (Å²) in [6, 6.07) is 5.70. The van der Waals surface area contributed by atoms with Crippen molar-refractivity contribution in [2.45, 2.75) is 56.5 Å². The van der Waals surface area contributed by atoms with E-state index in [-0.39, 0.29) is 16.0 Å². The highest BCUT2D eigenvalue weighted by atomic mass is 16.6. The lowest BCUT2D eigenvalue weighted by Gasteiger charge is -2.60. The highest BCUT2D eigenvalue weighted by Crippen LogP contribution is 2.62. The van der Waals surface area contributed by atoms with E-state index in [0.29, 0.717) is 17.4 Å². The maximum absolute atomic E-state index is 11.2. The maximum Gasteiger partial charge on any atom is 0.272 e. The SMILES string of the molecule is Cc1ccc(C23C[C@@H]4C[C@@H](CC(O)(C4)C2)C3)cc1[N+](=O)[O-]. The Hall–Kier alpha value is -1.42. The van der Waals surface area contributed by atoms with Gasteiger partial charge < -0.3 is 5.11 Å². The fourth-order valence-electron chi connectivity index (χ4n) is 5.69. The molecule has 0 aliphatic heterocycles. The van der Waals surface area contributed by atoms with Gasteiger partial charge in [-0.1, -0.05) is 12.1 Å². The number of rotatable bonds is 2. The molecule has 1 N–H and O–H groups in total. The molecular formula is C17H21NO3. The Kier molecular flexibility index (Phi) is 2.57. The summed E-state index contributed by atoms with van der Waals surface area (Å²) in [6.07, 6.45) is 6.06. The van der Waals surface area contributed by atoms with E-state index in [1.807, 2.05) is 6.07 Å². The lowest BCUT2D eigenvalue weighted by Crippen LogP contribution is -2.57. The van der Waals surface area contributed by atoms with Crippen molar-refractivity contribution in [1.29, 1.82) is 0 Å². The van der Waals surface area contributed by atoms with Crippen LogP contribution in [0.3, 0.4) is 0 Å². The van der Waals surface area contributed by atoms with Gasteiger partial charge >= 0.3 is 0 Å². The summed E-state index contributed by atoms with van der Waals surface area (Å²) in [5, 5.41) is 22.0. The second kappa shape index (κ2) is 4.07. The van der Waals surface area contributed by atoms with Crippen LogP contribution in [-0.4, -0.2) is 15.6 Å². The molecule has 4 heteroatoms. The molecule has 4 fully saturated rings. The number of aliphatic hydroxyl groups is 1. The summed E-state index contributed by atoms with van der Waals surface area (Å²) in [4.78, 5) is 10.9. The summed E-state index contributed by atoms with van der Waals surface area (Å²) in [6.45, 7) is 1.79. The lowest BCUT2D eigenvalue weighted by atomic mass is 9.46. The molecule has 2 unspecified atom stereocenters. The Labute approximate surface area is 124 Å². The zero-order valence-corrected chi connectivity index (χ0v) is 12.3. The Balaban J connectivity index is 1.79. The lowest BCUT2D eigenvalue weighted by molar-refractivity contribution is -0.385. The first kappa shape index (κ1) is 13.3. The highest BCUT2D eigenvalue weighted by Gasteiger charge is 2.57. The van der Waals surface area contributed by atoms with Crippen molar-refractivity contribution in [2.24, 2.45) is 11.8 Å². The molecule has 1 aromatic rings. The molecular weight excluding hydrogens is 266 g/mol. The summed E-state index contributed by atoms with van der Waals surface area (Å²) >= 11 is 0. The molecule has 112 valence electrons. The van der Waals surface area contributed by atoms with E-state index in [1.165, 1.54) is 6.42 Å². The molecule has 4 atom stereocenters. The minimum Gasteiger partial charge on any atom is -0.390 e. The van der Waals surface area contributed by atoms with E-state index in [4.69, 9.17) is 0 Å². The predicted octanol–water partition coefficient (Wildman–Crippen LogP) is 3.49. The molecule has 4 aliphatic rings. The molecule has 21 heavy (non-hydrogen) atoms. The van der Waals surface area contributed by atoms with Crippen LogP contribution < -0.4 is 0 Å². The summed E-state index contributed by atoms with van der Waals surface area (Å²) in [5.74, 6) is 1.19. The monoisotopic (exact) mass is 287 g/mol. The number of nitro groups is 1. The van der Waals surface area contributed by atoms with Crippen molar-refractivity contribution in [1.82, 2.24) is 0 Å². The smallest absolute Gasteiger partial charge is 0.272 e. The van der Waals surface area contributed by atoms with Gasteiger partial charge in [0.2, 0.25) is 0 Å². The van der Waals surface area contributed by atoms with E-state index >= 15 is 0 Å². The highest BCUT2D eigenvalue weighted by molar-refractivity contribution is 5.46. The molecule has 0 heterocycles. The van der Waals surface area contributed by atoms with Gasteiger partial charge in [0.05, 0.1) is 10.5 Å². The largest absolute Gasteiger partial charge is 0.390 e. The van der Waals surface area contributed by atoms with Crippen molar-refractivity contribution in [3.8, 4) is 0 Å². The normalized spacial score (nSPS) is 40.5. The average Bonchev–Trinajstić information content (AvgIpc) is 2.35. The third-order valence-electron chi connectivity index (χ3n) is 6.05. The number of benzene rings is 1. The molecule has 0 aromatic heterocycles. The molecule has 4 aliphatic carbocycles. The van der Waals surface area contributed by atoms with Crippen LogP contribution in [0.15, 0.2) is 18.2 Å². The van der Waals surface area contributed by atoms with Crippen molar-refractivity contribution >= 4 is 5.69 Å². The molecule has 4 saturated carbocycles. The van der Waals surface area contributed by atoms with E-state index in [9.17, 15) is 15.2 Å². The van der Waals surface area contributed by atoms with E-state index in [1.54, 1.807) is 13.0 Å². The molecule has 4 nitrogen and oxygen atoms in total. The first-order chi connectivity index (χ1) is 9.89. The second-order valence-electron chi connectivity index (χ2n) is 7.72. The van der Waals surface area contributed by atoms with Crippen molar-refractivity contribution in [3.05, 3.63) is 39.4 Å². The minimum absolute atomic E-state index is 0.0305. The number of hydrogen-bond acceptors (Lipinski definition) is 3. The summed E-state index contributed by atoms with van der Waals surface area (Å²) in [5.41, 5.74) is 1.45. The van der Waals surface area contributed by atoms with Crippen molar-refractivity contribution in [3.63, 3.8) is 0 Å². The van der Waals surface area contributed by atoms with Gasteiger partial charge in [0.25, 0.3) is 5.69 Å². The Bertz CT molecular complexity index is 610. The molecule has 4 bridgehead atoms. The van der Waals surface area contributed by atoms with Crippen LogP contribution in [-0.2, 0) is 5.41 Å². The van der Waals surface area contributed by atoms with Gasteiger partial charge in [0, 0.05) is 11.6 Å². The predicted molar refractivity (Wildman–Crippen MR) is 79.1 cm³/mol. The van der Waals surface area contributed by atoms with E-state index in [0.717, 1.165) is 37.7 Å². The summed E-state index contributed by atoms with van der Waals surface area (Å²) < 4.78 is 0. The first-order valence-corrected chi connectivity index (χ1v) is 7.87. The van der Waals surface area contributed by atoms with Crippen LogP contribution in [0.2, 0.25) is 0 Å². The van der Waals surface area contributed by atoms with Gasteiger partial charge in [0.1, 0.15) is 0 Å². The average molecular weight is 287 g/mol. The molecule has 1 aromatic carbocycles. The zero-order valence-electron chi connectivity index (χ0n) is 12.3. The van der Waals surface area contributed by atoms with Crippen LogP contribution in [0.4, 0.5) is 5.69 Å². The Morgan fingerprint density at radius 2 is 1.90 bits per heavy atom. The maximum atomic E-state index is 11.2.